The van der Waals surface area contributed by atoms with Gasteiger partial charge in [-0.2, -0.15) is 0 Å². The molecule has 0 bridgehead atoms. The van der Waals surface area contributed by atoms with Gasteiger partial charge in [-0.25, -0.2) is 9.59 Å². The highest BCUT2D eigenvalue weighted by atomic mass is 35.5. The fraction of sp³-hybridized carbons (Fsp3) is 0.286. The number of hydrogen-bond donors (Lipinski definition) is 1. The van der Waals surface area contributed by atoms with Crippen LogP contribution in [0.15, 0.2) is 42.5 Å². The first kappa shape index (κ1) is 16.2. The van der Waals surface area contributed by atoms with Crippen molar-refractivity contribution in [1.82, 2.24) is 0 Å². The van der Waals surface area contributed by atoms with E-state index in [1.807, 2.05) is 30.3 Å². The van der Waals surface area contributed by atoms with Gasteiger partial charge in [-0.1, -0.05) is 30.3 Å². The Morgan fingerprint density at radius 2 is 1.75 bits per heavy atom. The number of halogens is 1. The number of rotatable bonds is 7. The monoisotopic (exact) mass is 298 g/mol. The fourth-order valence-corrected chi connectivity index (χ4v) is 1.27. The van der Waals surface area contributed by atoms with E-state index in [2.05, 4.69) is 4.74 Å². The zero-order valence-electron chi connectivity index (χ0n) is 10.7. The predicted molar refractivity (Wildman–Crippen MR) is 73.1 cm³/mol. The van der Waals surface area contributed by atoms with Crippen LogP contribution in [0, 0.1) is 0 Å². The van der Waals surface area contributed by atoms with Gasteiger partial charge in [-0.15, -0.1) is 11.6 Å². The second-order valence-corrected chi connectivity index (χ2v) is 4.17. The highest BCUT2D eigenvalue weighted by Gasteiger charge is 2.06. The van der Waals surface area contributed by atoms with Gasteiger partial charge >= 0.3 is 11.9 Å². The number of aliphatic hydroxyl groups is 1. The summed E-state index contributed by atoms with van der Waals surface area (Å²) >= 11 is 5.33. The molecule has 1 aromatic carbocycles. The minimum Gasteiger partial charge on any atom is -0.460 e. The molecule has 0 heterocycles. The van der Waals surface area contributed by atoms with Gasteiger partial charge in [0.15, 0.2) is 0 Å². The van der Waals surface area contributed by atoms with Crippen LogP contribution in [0.25, 0.3) is 0 Å². The summed E-state index contributed by atoms with van der Waals surface area (Å²) in [5, 5.41) is 9.07. The van der Waals surface area contributed by atoms with Crippen LogP contribution < -0.4 is 0 Å². The number of ether oxygens (including phenoxy) is 2. The third kappa shape index (κ3) is 6.92. The largest absolute Gasteiger partial charge is 0.460 e. The highest BCUT2D eigenvalue weighted by molar-refractivity contribution is 6.18. The van der Waals surface area contributed by atoms with Crippen LogP contribution in [0.3, 0.4) is 0 Å². The molecule has 1 rings (SSSR count). The minimum atomic E-state index is -0.918. The molecular weight excluding hydrogens is 284 g/mol. The van der Waals surface area contributed by atoms with E-state index in [1.165, 1.54) is 0 Å². The van der Waals surface area contributed by atoms with Crippen molar-refractivity contribution in [2.75, 3.05) is 12.5 Å². The Labute approximate surface area is 121 Å². The quantitative estimate of drug-likeness (QED) is 0.468. The Bertz CT molecular complexity index is 458. The summed E-state index contributed by atoms with van der Waals surface area (Å²) in [6.07, 6.45) is 0.992. The molecule has 0 spiro atoms. The lowest BCUT2D eigenvalue weighted by Crippen LogP contribution is -2.19. The maximum Gasteiger partial charge on any atom is 0.331 e. The Morgan fingerprint density at radius 1 is 1.15 bits per heavy atom. The molecule has 1 N–H and O–H groups in total. The van der Waals surface area contributed by atoms with E-state index in [4.69, 9.17) is 21.4 Å². The summed E-state index contributed by atoms with van der Waals surface area (Å²) in [4.78, 5) is 22.5. The molecule has 0 aliphatic carbocycles. The van der Waals surface area contributed by atoms with Gasteiger partial charge in [0.05, 0.1) is 5.88 Å². The third-order valence-electron chi connectivity index (χ3n) is 2.18. The first-order valence-corrected chi connectivity index (χ1v) is 6.45. The Hall–Kier alpha value is -1.85. The molecule has 0 aliphatic heterocycles. The molecule has 1 atom stereocenters. The lowest BCUT2D eigenvalue weighted by atomic mass is 10.2. The average molecular weight is 299 g/mol. The molecule has 0 aliphatic rings. The van der Waals surface area contributed by atoms with Gasteiger partial charge in [0.1, 0.15) is 19.3 Å². The first-order valence-electron chi connectivity index (χ1n) is 5.91. The smallest absolute Gasteiger partial charge is 0.331 e. The Kier molecular flexibility index (Phi) is 7.39. The summed E-state index contributed by atoms with van der Waals surface area (Å²) in [6.45, 7) is -0.0875. The van der Waals surface area contributed by atoms with Crippen LogP contribution in [0.4, 0.5) is 0 Å². The lowest BCUT2D eigenvalue weighted by Gasteiger charge is -2.05. The van der Waals surface area contributed by atoms with E-state index in [9.17, 15) is 9.59 Å². The summed E-state index contributed by atoms with van der Waals surface area (Å²) < 4.78 is 9.56. The molecule has 6 heteroatoms. The molecule has 0 aromatic heterocycles. The van der Waals surface area contributed by atoms with Gasteiger partial charge in [-0.05, 0) is 5.56 Å². The van der Waals surface area contributed by atoms with Crippen molar-refractivity contribution < 1.29 is 24.2 Å². The normalized spacial score (nSPS) is 12.1. The summed E-state index contributed by atoms with van der Waals surface area (Å²) in [7, 11) is 0. The van der Waals surface area contributed by atoms with Gasteiger partial charge in [0, 0.05) is 12.2 Å². The molecule has 0 radical (unpaired) electrons. The second kappa shape index (κ2) is 9.12. The fourth-order valence-electron chi connectivity index (χ4n) is 1.18. The predicted octanol–water partition coefficient (Wildman–Crippen LogP) is 1.43. The molecule has 108 valence electrons. The van der Waals surface area contributed by atoms with Gasteiger partial charge in [0.2, 0.25) is 0 Å². The standard InChI is InChI=1S/C14H15ClO5/c15-8-12(16)10-20-14(18)7-6-13(17)19-9-11-4-2-1-3-5-11/h1-7,12,16H,8-10H2/b7-6-. The molecule has 5 nitrogen and oxygen atoms in total. The Morgan fingerprint density at radius 3 is 2.35 bits per heavy atom. The van der Waals surface area contributed by atoms with Gasteiger partial charge in [-0.3, -0.25) is 0 Å². The number of aliphatic hydroxyl groups excluding tert-OH is 1. The molecule has 0 saturated carbocycles. The van der Waals surface area contributed by atoms with Crippen LogP contribution in [0.5, 0.6) is 0 Å². The van der Waals surface area contributed by atoms with Gasteiger partial charge in [0.25, 0.3) is 0 Å². The van der Waals surface area contributed by atoms with Crippen LogP contribution in [-0.4, -0.2) is 35.6 Å². The molecule has 0 fully saturated rings. The second-order valence-electron chi connectivity index (χ2n) is 3.86. The summed E-state index contributed by atoms with van der Waals surface area (Å²) in [5.74, 6) is -1.43. The van der Waals surface area contributed by atoms with Crippen molar-refractivity contribution in [3.05, 3.63) is 48.0 Å². The van der Waals surface area contributed by atoms with Crippen LogP contribution in [-0.2, 0) is 25.7 Å². The molecule has 1 aromatic rings. The van der Waals surface area contributed by atoms with Crippen LogP contribution in [0.2, 0.25) is 0 Å². The third-order valence-corrected chi connectivity index (χ3v) is 2.53. The van der Waals surface area contributed by atoms with Crippen LogP contribution >= 0.6 is 11.6 Å². The van der Waals surface area contributed by atoms with E-state index in [-0.39, 0.29) is 19.1 Å². The Balaban J connectivity index is 2.27. The van der Waals surface area contributed by atoms with E-state index in [1.54, 1.807) is 0 Å². The van der Waals surface area contributed by atoms with E-state index in [0.717, 1.165) is 17.7 Å². The summed E-state index contributed by atoms with van der Waals surface area (Å²) in [5.41, 5.74) is 0.849. The van der Waals surface area contributed by atoms with Crippen molar-refractivity contribution >= 4 is 23.5 Å². The lowest BCUT2D eigenvalue weighted by molar-refractivity contribution is -0.142. The number of esters is 2. The maximum atomic E-state index is 11.3. The average Bonchev–Trinajstić information content (AvgIpc) is 2.49. The summed E-state index contributed by atoms with van der Waals surface area (Å²) in [6, 6.07) is 9.16. The zero-order chi connectivity index (χ0) is 14.8. The molecule has 20 heavy (non-hydrogen) atoms. The van der Waals surface area contributed by atoms with E-state index in [0.29, 0.717) is 0 Å². The molecule has 0 saturated heterocycles. The SMILES string of the molecule is O=C(/C=C\C(=O)OCC(O)CCl)OCc1ccccc1. The van der Waals surface area contributed by atoms with Gasteiger partial charge < -0.3 is 14.6 Å². The number of hydrogen-bond acceptors (Lipinski definition) is 5. The van der Waals surface area contributed by atoms with Crippen molar-refractivity contribution in [2.24, 2.45) is 0 Å². The number of carbonyl (C=O) groups is 2. The zero-order valence-corrected chi connectivity index (χ0v) is 11.5. The van der Waals surface area contributed by atoms with E-state index >= 15 is 0 Å². The van der Waals surface area contributed by atoms with Crippen molar-refractivity contribution in [1.29, 1.82) is 0 Å². The van der Waals surface area contributed by atoms with E-state index < -0.39 is 18.0 Å². The highest BCUT2D eigenvalue weighted by Crippen LogP contribution is 2.01. The molecular formula is C14H15ClO5. The molecule has 0 amide bonds. The van der Waals surface area contributed by atoms with Crippen molar-refractivity contribution in [2.45, 2.75) is 12.7 Å². The number of alkyl halides is 1. The minimum absolute atomic E-state index is 0.0316. The first-order chi connectivity index (χ1) is 9.61. The number of benzene rings is 1. The topological polar surface area (TPSA) is 72.8 Å². The van der Waals surface area contributed by atoms with Crippen LogP contribution in [0.1, 0.15) is 5.56 Å². The molecule has 1 unspecified atom stereocenters. The maximum absolute atomic E-state index is 11.3. The van der Waals surface area contributed by atoms with Crippen molar-refractivity contribution in [3.63, 3.8) is 0 Å². The van der Waals surface area contributed by atoms with Crippen molar-refractivity contribution in [3.8, 4) is 0 Å². The number of carbonyl (C=O) groups excluding carboxylic acids is 2.